The molecule has 2 aromatic rings. The van der Waals surface area contributed by atoms with E-state index in [1.165, 1.54) is 65.8 Å². The van der Waals surface area contributed by atoms with Gasteiger partial charge in [-0.1, -0.05) is 6.07 Å². The number of hydrogen-bond donors (Lipinski definition) is 3. The maximum atomic E-state index is 15.7. The summed E-state index contributed by atoms with van der Waals surface area (Å²) in [5.41, 5.74) is -5.24. The van der Waals surface area contributed by atoms with Gasteiger partial charge in [-0.3, -0.25) is 14.9 Å². The largest absolute Gasteiger partial charge is 0.460 e. The van der Waals surface area contributed by atoms with E-state index in [0.717, 1.165) is 18.2 Å². The fourth-order valence-corrected chi connectivity index (χ4v) is 5.84. The number of aliphatic imine (C=N–C) groups is 1. The molecule has 19 nitrogen and oxygen atoms in total. The highest BCUT2D eigenvalue weighted by atomic mass is 32.2. The highest BCUT2D eigenvalue weighted by Crippen LogP contribution is 2.24. The van der Waals surface area contributed by atoms with E-state index in [0.29, 0.717) is 0 Å². The molecule has 0 aromatic heterocycles. The molecular weight excluding hydrogens is 850 g/mol. The first-order valence-electron chi connectivity index (χ1n) is 19.6. The topological polar surface area (TPSA) is 244 Å². The Morgan fingerprint density at radius 3 is 1.71 bits per heavy atom. The molecule has 0 heterocycles. The van der Waals surface area contributed by atoms with Crippen molar-refractivity contribution >= 4 is 58.0 Å². The van der Waals surface area contributed by atoms with Crippen molar-refractivity contribution < 1.29 is 70.0 Å². The molecule has 0 radical (unpaired) electrons. The van der Waals surface area contributed by atoms with Crippen molar-refractivity contribution in [2.75, 3.05) is 5.32 Å². The molecule has 3 N–H and O–H groups in total. The summed E-state index contributed by atoms with van der Waals surface area (Å²) >= 11 is 0. The summed E-state index contributed by atoms with van der Waals surface area (Å²) < 4.78 is 77.3. The summed E-state index contributed by atoms with van der Waals surface area (Å²) in [4.78, 5) is 81.0. The van der Waals surface area contributed by atoms with Crippen LogP contribution in [0.4, 0.5) is 24.5 Å². The minimum Gasteiger partial charge on any atom is -0.460 e. The molecule has 2 rings (SSSR count). The van der Waals surface area contributed by atoms with Crippen LogP contribution in [-0.4, -0.2) is 88.9 Å². The fourth-order valence-electron chi connectivity index (χ4n) is 4.63. The number of esters is 3. The van der Waals surface area contributed by atoms with Crippen LogP contribution < -0.4 is 20.1 Å². The quantitative estimate of drug-likeness (QED) is 0.0659. The van der Waals surface area contributed by atoms with Gasteiger partial charge in [0.25, 0.3) is 0 Å². The Balaban J connectivity index is 2.37. The second-order valence-electron chi connectivity index (χ2n) is 18.9. The minimum absolute atomic E-state index is 0.0186. The van der Waals surface area contributed by atoms with Crippen LogP contribution in [0.2, 0.25) is 0 Å². The maximum Gasteiger partial charge on any atom is 0.437 e. The highest BCUT2D eigenvalue weighted by molar-refractivity contribution is 7.87. The van der Waals surface area contributed by atoms with Crippen LogP contribution in [0.25, 0.3) is 0 Å². The Bertz CT molecular complexity index is 2140. The van der Waals surface area contributed by atoms with Gasteiger partial charge in [0, 0.05) is 17.3 Å². The third-order valence-corrected chi connectivity index (χ3v) is 8.25. The third kappa shape index (κ3) is 20.7. The molecule has 0 saturated heterocycles. The van der Waals surface area contributed by atoms with Gasteiger partial charge < -0.3 is 33.7 Å². The molecule has 1 atom stereocenters. The summed E-state index contributed by atoms with van der Waals surface area (Å²) in [6.45, 7) is 22.5. The van der Waals surface area contributed by atoms with Crippen LogP contribution in [0, 0.1) is 5.82 Å². The molecule has 0 saturated carbocycles. The number of ether oxygens (including phenoxy) is 6. The van der Waals surface area contributed by atoms with Gasteiger partial charge >= 0.3 is 46.4 Å². The van der Waals surface area contributed by atoms with E-state index in [1.54, 1.807) is 62.3 Å². The Hall–Kier alpha value is -5.83. The number of guanidine groups is 1. The predicted molar refractivity (Wildman–Crippen MR) is 228 cm³/mol. The van der Waals surface area contributed by atoms with Crippen molar-refractivity contribution in [3.05, 3.63) is 59.4 Å². The fraction of sp³-hybridized carbons (Fsp3) is 0.548. The van der Waals surface area contributed by atoms with Crippen molar-refractivity contribution in [1.29, 1.82) is 0 Å². The molecule has 2 aromatic carbocycles. The van der Waals surface area contributed by atoms with E-state index >= 15 is 4.39 Å². The second kappa shape index (κ2) is 20.6. The normalized spacial score (nSPS) is 13.2. The first-order chi connectivity index (χ1) is 28.4. The number of halogens is 1. The molecule has 0 fully saturated rings. The second-order valence-corrected chi connectivity index (χ2v) is 20.5. The number of carbonyl (C=O) groups excluding carboxylic acids is 6. The molecule has 0 aliphatic carbocycles. The SMILES string of the molecule is CC(C)(C)OC(=O)C[C@H](NS(=O)(=O)N(Cc1ccc(OC(=O)c2ccc(NC(=NC(=O)OC(C)(C)C)NC(=O)OC(C)(C)C)cc2)cc1F)C(=O)OC(C)(C)C)C(=O)OC(C)(C)C. The van der Waals surface area contributed by atoms with Gasteiger partial charge in [0.05, 0.1) is 18.5 Å². The molecule has 0 aliphatic heterocycles. The lowest BCUT2D eigenvalue weighted by molar-refractivity contribution is -0.164. The first kappa shape index (κ1) is 53.3. The van der Waals surface area contributed by atoms with Crippen LogP contribution in [0.5, 0.6) is 5.75 Å². The van der Waals surface area contributed by atoms with Gasteiger partial charge in [-0.2, -0.15) is 17.4 Å². The van der Waals surface area contributed by atoms with Gasteiger partial charge in [0.1, 0.15) is 45.6 Å². The van der Waals surface area contributed by atoms with Gasteiger partial charge in [0.2, 0.25) is 5.96 Å². The van der Waals surface area contributed by atoms with E-state index in [-0.39, 0.29) is 32.8 Å². The highest BCUT2D eigenvalue weighted by Gasteiger charge is 2.39. The molecule has 0 unspecified atom stereocenters. The monoisotopic (exact) mass is 909 g/mol. The van der Waals surface area contributed by atoms with Crippen LogP contribution in [0.1, 0.15) is 126 Å². The minimum atomic E-state index is -5.12. The molecule has 0 spiro atoms. The number of amides is 3. The number of carbonyl (C=O) groups is 6. The third-order valence-electron chi connectivity index (χ3n) is 6.81. The lowest BCUT2D eigenvalue weighted by atomic mass is 10.1. The molecule has 0 bridgehead atoms. The van der Waals surface area contributed by atoms with Gasteiger partial charge in [0.15, 0.2) is 0 Å². The Morgan fingerprint density at radius 2 is 1.22 bits per heavy atom. The number of nitrogens with one attached hydrogen (secondary N) is 3. The molecule has 0 aliphatic rings. The van der Waals surface area contributed by atoms with Crippen LogP contribution >= 0.6 is 0 Å². The average Bonchev–Trinajstić information content (AvgIpc) is 3.03. The zero-order chi connectivity index (χ0) is 48.5. The zero-order valence-electron chi connectivity index (χ0n) is 38.4. The van der Waals surface area contributed by atoms with Crippen LogP contribution in [0.3, 0.4) is 0 Å². The molecule has 350 valence electrons. The summed E-state index contributed by atoms with van der Waals surface area (Å²) in [6, 6.07) is 6.53. The maximum absolute atomic E-state index is 15.7. The summed E-state index contributed by atoms with van der Waals surface area (Å²) in [5.74, 6) is -4.80. The Morgan fingerprint density at radius 1 is 0.698 bits per heavy atom. The Kier molecular flexibility index (Phi) is 17.4. The average molecular weight is 910 g/mol. The van der Waals surface area contributed by atoms with Crippen molar-refractivity contribution in [3.8, 4) is 5.75 Å². The van der Waals surface area contributed by atoms with Crippen molar-refractivity contribution in [3.63, 3.8) is 0 Å². The molecule has 3 amide bonds. The van der Waals surface area contributed by atoms with Crippen LogP contribution in [-0.2, 0) is 50.0 Å². The number of alkyl carbamates (subject to hydrolysis) is 1. The molecule has 21 heteroatoms. The van der Waals surface area contributed by atoms with E-state index in [1.807, 2.05) is 4.72 Å². The number of rotatable bonds is 11. The predicted octanol–water partition coefficient (Wildman–Crippen LogP) is 7.29. The van der Waals surface area contributed by atoms with E-state index in [2.05, 4.69) is 15.6 Å². The van der Waals surface area contributed by atoms with Crippen molar-refractivity contribution in [1.82, 2.24) is 14.3 Å². The smallest absolute Gasteiger partial charge is 0.437 e. The molecule has 63 heavy (non-hydrogen) atoms. The van der Waals surface area contributed by atoms with E-state index in [4.69, 9.17) is 28.4 Å². The van der Waals surface area contributed by atoms with Gasteiger partial charge in [-0.05, 0) is 134 Å². The Labute approximate surface area is 367 Å². The standard InChI is InChI=1S/C42H60FN5O14S/c1-38(2,3)58-31(49)23-30(33(51)59-39(4,5)6)47-63(55,56)48(37(54)62-42(13,14)15)24-26-18-21-28(22-29(26)43)57-32(50)25-16-19-27(20-17-25)44-34(45-35(52)60-40(7,8)9)46-36(53)61-41(10,11)12/h16-22,30,47H,23-24H2,1-15H3,(H2,44,45,46,52,53)/t30-/m0/s1. The van der Waals surface area contributed by atoms with Gasteiger partial charge in [-0.15, -0.1) is 4.99 Å². The lowest BCUT2D eigenvalue weighted by Crippen LogP contribution is -2.53. The number of nitrogens with zero attached hydrogens (tertiary/aromatic N) is 2. The van der Waals surface area contributed by atoms with Crippen molar-refractivity contribution in [2.24, 2.45) is 4.99 Å². The number of anilines is 1. The van der Waals surface area contributed by atoms with E-state index < -0.39 is 99.2 Å². The number of benzene rings is 2. The summed E-state index contributed by atoms with van der Waals surface area (Å²) in [5, 5.41) is 5.07. The van der Waals surface area contributed by atoms with E-state index in [9.17, 15) is 37.2 Å². The lowest BCUT2D eigenvalue weighted by Gasteiger charge is -2.29. The van der Waals surface area contributed by atoms with Gasteiger partial charge in [-0.25, -0.2) is 23.6 Å². The number of hydrogen-bond acceptors (Lipinski definition) is 14. The summed E-state index contributed by atoms with van der Waals surface area (Å²) in [7, 11) is -5.12. The zero-order valence-corrected chi connectivity index (χ0v) is 39.2. The van der Waals surface area contributed by atoms with Crippen LogP contribution in [0.15, 0.2) is 47.5 Å². The van der Waals surface area contributed by atoms with Crippen molar-refractivity contribution in [2.45, 2.75) is 151 Å². The first-order valence-corrected chi connectivity index (χ1v) is 21.0. The summed E-state index contributed by atoms with van der Waals surface area (Å²) in [6.07, 6.45) is -4.21. The molecular formula is C42H60FN5O14S.